The SMILES string of the molecule is Cc1[nH]c(C(=O)c2ccc(F)c(N)c2)c(C)c1C. The molecule has 18 heavy (non-hydrogen) atoms. The number of anilines is 1. The minimum absolute atomic E-state index is 0.0153. The van der Waals surface area contributed by atoms with Crippen molar-refractivity contribution in [2.45, 2.75) is 20.8 Å². The van der Waals surface area contributed by atoms with Crippen LogP contribution in [0.2, 0.25) is 0 Å². The molecular formula is C14H15FN2O. The molecule has 1 aromatic heterocycles. The molecule has 0 unspecified atom stereocenters. The predicted octanol–water partition coefficient (Wildman–Crippen LogP) is 2.89. The van der Waals surface area contributed by atoms with E-state index >= 15 is 0 Å². The number of H-pyrrole nitrogens is 1. The lowest BCUT2D eigenvalue weighted by molar-refractivity contribution is 0.103. The molecule has 0 aliphatic heterocycles. The molecule has 0 fully saturated rings. The van der Waals surface area contributed by atoms with Crippen molar-refractivity contribution in [3.8, 4) is 0 Å². The van der Waals surface area contributed by atoms with Crippen LogP contribution in [0.5, 0.6) is 0 Å². The number of aromatic nitrogens is 1. The number of ketones is 1. The van der Waals surface area contributed by atoms with E-state index in [0.29, 0.717) is 11.3 Å². The van der Waals surface area contributed by atoms with Gasteiger partial charge in [0.05, 0.1) is 11.4 Å². The molecule has 1 heterocycles. The highest BCUT2D eigenvalue weighted by atomic mass is 19.1. The van der Waals surface area contributed by atoms with E-state index in [0.717, 1.165) is 16.8 Å². The number of hydrogen-bond acceptors (Lipinski definition) is 2. The molecule has 0 bridgehead atoms. The number of carbonyl (C=O) groups excluding carboxylic acids is 1. The molecule has 0 spiro atoms. The van der Waals surface area contributed by atoms with Crippen LogP contribution >= 0.6 is 0 Å². The topological polar surface area (TPSA) is 58.9 Å². The van der Waals surface area contributed by atoms with Crippen LogP contribution in [-0.4, -0.2) is 10.8 Å². The van der Waals surface area contributed by atoms with Crippen molar-refractivity contribution in [1.29, 1.82) is 0 Å². The van der Waals surface area contributed by atoms with E-state index in [2.05, 4.69) is 4.98 Å². The van der Waals surface area contributed by atoms with Crippen LogP contribution in [-0.2, 0) is 0 Å². The Labute approximate surface area is 105 Å². The van der Waals surface area contributed by atoms with E-state index in [-0.39, 0.29) is 11.5 Å². The quantitative estimate of drug-likeness (QED) is 0.632. The number of rotatable bonds is 2. The Bertz CT molecular complexity index is 629. The molecule has 0 saturated carbocycles. The Morgan fingerprint density at radius 2 is 1.89 bits per heavy atom. The summed E-state index contributed by atoms with van der Waals surface area (Å²) in [6.45, 7) is 5.76. The zero-order valence-electron chi connectivity index (χ0n) is 10.6. The smallest absolute Gasteiger partial charge is 0.209 e. The number of nitrogens with one attached hydrogen (secondary N) is 1. The monoisotopic (exact) mass is 246 g/mol. The van der Waals surface area contributed by atoms with Gasteiger partial charge in [-0.3, -0.25) is 4.79 Å². The third-order valence-corrected chi connectivity index (χ3v) is 3.30. The number of aromatic amines is 1. The van der Waals surface area contributed by atoms with Crippen LogP contribution in [0.3, 0.4) is 0 Å². The highest BCUT2D eigenvalue weighted by Gasteiger charge is 2.17. The molecule has 0 aliphatic rings. The third kappa shape index (κ3) is 1.90. The van der Waals surface area contributed by atoms with Gasteiger partial charge in [-0.15, -0.1) is 0 Å². The van der Waals surface area contributed by atoms with Gasteiger partial charge >= 0.3 is 0 Å². The highest BCUT2D eigenvalue weighted by Crippen LogP contribution is 2.21. The number of aryl methyl sites for hydroxylation is 1. The Morgan fingerprint density at radius 3 is 2.39 bits per heavy atom. The summed E-state index contributed by atoms with van der Waals surface area (Å²) in [6.07, 6.45) is 0. The molecule has 0 radical (unpaired) electrons. The van der Waals surface area contributed by atoms with Gasteiger partial charge in [0.2, 0.25) is 5.78 Å². The maximum Gasteiger partial charge on any atom is 0.209 e. The van der Waals surface area contributed by atoms with Crippen molar-refractivity contribution >= 4 is 11.5 Å². The first-order valence-electron chi connectivity index (χ1n) is 5.67. The number of benzene rings is 1. The van der Waals surface area contributed by atoms with Crippen molar-refractivity contribution in [1.82, 2.24) is 4.98 Å². The summed E-state index contributed by atoms with van der Waals surface area (Å²) in [7, 11) is 0. The zero-order valence-corrected chi connectivity index (χ0v) is 10.6. The van der Waals surface area contributed by atoms with Crippen molar-refractivity contribution < 1.29 is 9.18 Å². The third-order valence-electron chi connectivity index (χ3n) is 3.30. The maximum absolute atomic E-state index is 13.1. The van der Waals surface area contributed by atoms with E-state index in [4.69, 9.17) is 5.73 Å². The van der Waals surface area contributed by atoms with Gasteiger partial charge in [0.25, 0.3) is 0 Å². The zero-order chi connectivity index (χ0) is 13.4. The lowest BCUT2D eigenvalue weighted by atomic mass is 10.0. The molecule has 0 saturated heterocycles. The number of hydrogen-bond donors (Lipinski definition) is 2. The molecule has 1 aromatic carbocycles. The normalized spacial score (nSPS) is 10.7. The van der Waals surface area contributed by atoms with E-state index < -0.39 is 5.82 Å². The average Bonchev–Trinajstić information content (AvgIpc) is 2.60. The van der Waals surface area contributed by atoms with Gasteiger partial charge in [-0.1, -0.05) is 0 Å². The second-order valence-corrected chi connectivity index (χ2v) is 4.44. The first kappa shape index (κ1) is 12.4. The minimum atomic E-state index is -0.512. The van der Waals surface area contributed by atoms with Gasteiger partial charge in [-0.2, -0.15) is 0 Å². The summed E-state index contributed by atoms with van der Waals surface area (Å²) >= 11 is 0. The largest absolute Gasteiger partial charge is 0.396 e. The number of halogens is 1. The number of nitrogen functional groups attached to an aromatic ring is 1. The van der Waals surface area contributed by atoms with Gasteiger partial charge in [0.15, 0.2) is 0 Å². The Hall–Kier alpha value is -2.10. The summed E-state index contributed by atoms with van der Waals surface area (Å²) in [5, 5.41) is 0. The summed E-state index contributed by atoms with van der Waals surface area (Å²) in [5.74, 6) is -0.683. The minimum Gasteiger partial charge on any atom is -0.396 e. The molecule has 0 aliphatic carbocycles. The van der Waals surface area contributed by atoms with E-state index in [1.54, 1.807) is 0 Å². The van der Waals surface area contributed by atoms with E-state index in [1.165, 1.54) is 18.2 Å². The first-order chi connectivity index (χ1) is 8.41. The second kappa shape index (κ2) is 4.29. The summed E-state index contributed by atoms with van der Waals surface area (Å²) in [6, 6.07) is 4.02. The molecule has 2 aromatic rings. The Morgan fingerprint density at radius 1 is 1.22 bits per heavy atom. The summed E-state index contributed by atoms with van der Waals surface area (Å²) in [5.41, 5.74) is 9.33. The molecule has 0 amide bonds. The molecule has 94 valence electrons. The van der Waals surface area contributed by atoms with Gasteiger partial charge < -0.3 is 10.7 Å². The molecule has 4 heteroatoms. The predicted molar refractivity (Wildman–Crippen MR) is 69.2 cm³/mol. The van der Waals surface area contributed by atoms with Crippen LogP contribution in [0.1, 0.15) is 32.9 Å². The van der Waals surface area contributed by atoms with Crippen LogP contribution in [0, 0.1) is 26.6 Å². The first-order valence-corrected chi connectivity index (χ1v) is 5.67. The van der Waals surface area contributed by atoms with E-state index in [9.17, 15) is 9.18 Å². The van der Waals surface area contributed by atoms with Gasteiger partial charge in [0.1, 0.15) is 5.82 Å². The van der Waals surface area contributed by atoms with Crippen LogP contribution in [0.4, 0.5) is 10.1 Å². The Balaban J connectivity index is 2.48. The lowest BCUT2D eigenvalue weighted by Gasteiger charge is -2.03. The van der Waals surface area contributed by atoms with Crippen molar-refractivity contribution in [2.75, 3.05) is 5.73 Å². The summed E-state index contributed by atoms with van der Waals surface area (Å²) in [4.78, 5) is 15.3. The van der Waals surface area contributed by atoms with Crippen molar-refractivity contribution in [2.24, 2.45) is 0 Å². The maximum atomic E-state index is 13.1. The lowest BCUT2D eigenvalue weighted by Crippen LogP contribution is -2.05. The van der Waals surface area contributed by atoms with Gasteiger partial charge in [-0.05, 0) is 50.1 Å². The fourth-order valence-corrected chi connectivity index (χ4v) is 1.90. The van der Waals surface area contributed by atoms with Crippen LogP contribution in [0.25, 0.3) is 0 Å². The van der Waals surface area contributed by atoms with Gasteiger partial charge in [0, 0.05) is 11.3 Å². The second-order valence-electron chi connectivity index (χ2n) is 4.44. The molecular weight excluding hydrogens is 231 g/mol. The highest BCUT2D eigenvalue weighted by molar-refractivity contribution is 6.09. The van der Waals surface area contributed by atoms with E-state index in [1.807, 2.05) is 20.8 Å². The van der Waals surface area contributed by atoms with Crippen LogP contribution < -0.4 is 5.73 Å². The molecule has 2 rings (SSSR count). The molecule has 3 N–H and O–H groups in total. The van der Waals surface area contributed by atoms with Gasteiger partial charge in [-0.25, -0.2) is 4.39 Å². The number of carbonyl (C=O) groups is 1. The van der Waals surface area contributed by atoms with Crippen molar-refractivity contribution in [3.63, 3.8) is 0 Å². The average molecular weight is 246 g/mol. The summed E-state index contributed by atoms with van der Waals surface area (Å²) < 4.78 is 13.1. The standard InChI is InChI=1S/C14H15FN2O/c1-7-8(2)13(17-9(7)3)14(18)10-4-5-11(15)12(16)6-10/h4-6,17H,16H2,1-3H3. The molecule has 3 nitrogen and oxygen atoms in total. The fourth-order valence-electron chi connectivity index (χ4n) is 1.90. The number of nitrogens with two attached hydrogens (primary N) is 1. The Kier molecular flexibility index (Phi) is 2.95. The van der Waals surface area contributed by atoms with Crippen molar-refractivity contribution in [3.05, 3.63) is 52.1 Å². The molecule has 0 atom stereocenters. The van der Waals surface area contributed by atoms with Crippen LogP contribution in [0.15, 0.2) is 18.2 Å². The fraction of sp³-hybridized carbons (Fsp3) is 0.214.